The molecule has 4 heteroatoms. The molecule has 0 N–H and O–H groups in total. The van der Waals surface area contributed by atoms with Crippen molar-refractivity contribution in [3.05, 3.63) is 0 Å². The van der Waals surface area contributed by atoms with Crippen LogP contribution in [0.4, 0.5) is 0 Å². The highest BCUT2D eigenvalue weighted by atomic mass is 32.2. The standard InChI is InChI=1S/C7H12O3S/c1-7(2)3-6(8)4-11(9,10)5-7/h3-5H2,1-2H3. The number of Topliss-reactive ketones (excluding diaryl/α,β-unsaturated/α-hetero) is 1. The number of carbonyl (C=O) groups is 1. The van der Waals surface area contributed by atoms with E-state index in [0.717, 1.165) is 0 Å². The molecule has 0 aromatic heterocycles. The van der Waals surface area contributed by atoms with Gasteiger partial charge in [-0.1, -0.05) is 13.8 Å². The van der Waals surface area contributed by atoms with E-state index in [4.69, 9.17) is 0 Å². The second kappa shape index (κ2) is 2.30. The molecule has 0 spiro atoms. The Hall–Kier alpha value is -0.380. The average molecular weight is 176 g/mol. The largest absolute Gasteiger partial charge is 0.299 e. The third-order valence-electron chi connectivity index (χ3n) is 1.67. The summed E-state index contributed by atoms with van der Waals surface area (Å²) in [7, 11) is -3.09. The van der Waals surface area contributed by atoms with Gasteiger partial charge in [-0.3, -0.25) is 4.79 Å². The maximum absolute atomic E-state index is 11.1. The van der Waals surface area contributed by atoms with Gasteiger partial charge in [0.25, 0.3) is 0 Å². The van der Waals surface area contributed by atoms with Crippen molar-refractivity contribution in [2.75, 3.05) is 11.5 Å². The van der Waals surface area contributed by atoms with Crippen molar-refractivity contribution in [2.24, 2.45) is 5.41 Å². The number of carbonyl (C=O) groups excluding carboxylic acids is 1. The quantitative estimate of drug-likeness (QED) is 0.537. The third kappa shape index (κ3) is 2.29. The van der Waals surface area contributed by atoms with Crippen LogP contribution in [-0.2, 0) is 14.6 Å². The van der Waals surface area contributed by atoms with E-state index in [0.29, 0.717) is 6.42 Å². The van der Waals surface area contributed by atoms with Crippen molar-refractivity contribution in [1.82, 2.24) is 0 Å². The molecular weight excluding hydrogens is 164 g/mol. The molecule has 0 atom stereocenters. The predicted molar refractivity (Wildman–Crippen MR) is 42.1 cm³/mol. The highest BCUT2D eigenvalue weighted by Crippen LogP contribution is 2.27. The van der Waals surface area contributed by atoms with Gasteiger partial charge in [-0.2, -0.15) is 0 Å². The Kier molecular flexibility index (Phi) is 1.82. The van der Waals surface area contributed by atoms with Gasteiger partial charge >= 0.3 is 0 Å². The average Bonchev–Trinajstić information content (AvgIpc) is 1.49. The minimum Gasteiger partial charge on any atom is -0.299 e. The fourth-order valence-electron chi connectivity index (χ4n) is 1.53. The van der Waals surface area contributed by atoms with E-state index in [1.807, 2.05) is 13.8 Å². The molecule has 1 heterocycles. The first-order chi connectivity index (χ1) is 4.81. The van der Waals surface area contributed by atoms with Crippen molar-refractivity contribution in [2.45, 2.75) is 20.3 Å². The third-order valence-corrected chi connectivity index (χ3v) is 3.65. The number of hydrogen-bond acceptors (Lipinski definition) is 3. The Morgan fingerprint density at radius 1 is 1.36 bits per heavy atom. The topological polar surface area (TPSA) is 51.2 Å². The summed E-state index contributed by atoms with van der Waals surface area (Å²) < 4.78 is 22.1. The van der Waals surface area contributed by atoms with Gasteiger partial charge in [0.15, 0.2) is 9.84 Å². The predicted octanol–water partition coefficient (Wildman–Crippen LogP) is 0.400. The van der Waals surface area contributed by atoms with Crippen LogP contribution in [0.25, 0.3) is 0 Å². The molecule has 0 aliphatic carbocycles. The number of hydrogen-bond donors (Lipinski definition) is 0. The Labute approximate surface area is 66.7 Å². The zero-order valence-corrected chi connectivity index (χ0v) is 7.57. The molecule has 0 radical (unpaired) electrons. The number of sulfone groups is 1. The molecule has 1 saturated heterocycles. The van der Waals surface area contributed by atoms with Crippen molar-refractivity contribution in [3.8, 4) is 0 Å². The second-order valence-electron chi connectivity index (χ2n) is 3.91. The van der Waals surface area contributed by atoms with Crippen LogP contribution >= 0.6 is 0 Å². The molecule has 0 saturated carbocycles. The minimum atomic E-state index is -3.09. The first kappa shape index (κ1) is 8.71. The van der Waals surface area contributed by atoms with E-state index in [2.05, 4.69) is 0 Å². The number of ketones is 1. The minimum absolute atomic E-state index is 0.145. The van der Waals surface area contributed by atoms with E-state index in [9.17, 15) is 13.2 Å². The second-order valence-corrected chi connectivity index (χ2v) is 5.98. The molecule has 1 aliphatic rings. The SMILES string of the molecule is CC1(C)CC(=O)CS(=O)(=O)C1. The first-order valence-electron chi connectivity index (χ1n) is 3.53. The lowest BCUT2D eigenvalue weighted by atomic mass is 9.90. The molecule has 0 amide bonds. The molecule has 64 valence electrons. The molecule has 0 aromatic rings. The lowest BCUT2D eigenvalue weighted by Crippen LogP contribution is -2.37. The molecular formula is C7H12O3S. The van der Waals surface area contributed by atoms with Crippen LogP contribution in [0.3, 0.4) is 0 Å². The summed E-state index contributed by atoms with van der Waals surface area (Å²) in [6, 6.07) is 0. The highest BCUT2D eigenvalue weighted by Gasteiger charge is 2.35. The smallest absolute Gasteiger partial charge is 0.157 e. The zero-order chi connectivity index (χ0) is 8.70. The van der Waals surface area contributed by atoms with Crippen LogP contribution in [0.15, 0.2) is 0 Å². The van der Waals surface area contributed by atoms with Gasteiger partial charge in [0.2, 0.25) is 0 Å². The fraction of sp³-hybridized carbons (Fsp3) is 0.857. The van der Waals surface area contributed by atoms with E-state index < -0.39 is 9.84 Å². The van der Waals surface area contributed by atoms with Crippen LogP contribution in [0.1, 0.15) is 20.3 Å². The van der Waals surface area contributed by atoms with Crippen LogP contribution < -0.4 is 0 Å². The fourth-order valence-corrected chi connectivity index (χ4v) is 3.51. The normalized spacial score (nSPS) is 28.4. The van der Waals surface area contributed by atoms with Gasteiger partial charge in [0.1, 0.15) is 11.5 Å². The summed E-state index contributed by atoms with van der Waals surface area (Å²) >= 11 is 0. The van der Waals surface area contributed by atoms with E-state index >= 15 is 0 Å². The summed E-state index contributed by atoms with van der Waals surface area (Å²) in [6.07, 6.45) is 0.395. The Morgan fingerprint density at radius 3 is 2.27 bits per heavy atom. The molecule has 3 nitrogen and oxygen atoms in total. The molecule has 11 heavy (non-hydrogen) atoms. The summed E-state index contributed by atoms with van der Waals surface area (Å²) in [5.41, 5.74) is -0.353. The maximum Gasteiger partial charge on any atom is 0.157 e. The van der Waals surface area contributed by atoms with Crippen LogP contribution in [0, 0.1) is 5.41 Å². The lowest BCUT2D eigenvalue weighted by Gasteiger charge is -2.27. The lowest BCUT2D eigenvalue weighted by molar-refractivity contribution is -0.118. The van der Waals surface area contributed by atoms with Gasteiger partial charge in [-0.15, -0.1) is 0 Å². The number of rotatable bonds is 0. The van der Waals surface area contributed by atoms with E-state index in [-0.39, 0.29) is 22.7 Å². The molecule has 1 aliphatic heterocycles. The van der Waals surface area contributed by atoms with E-state index in [1.165, 1.54) is 0 Å². The molecule has 1 rings (SSSR count). The molecule has 1 fully saturated rings. The van der Waals surface area contributed by atoms with Gasteiger partial charge in [0, 0.05) is 6.42 Å². The maximum atomic E-state index is 11.1. The summed E-state index contributed by atoms with van der Waals surface area (Å²) in [5.74, 6) is -0.261. The highest BCUT2D eigenvalue weighted by molar-refractivity contribution is 7.92. The van der Waals surface area contributed by atoms with Gasteiger partial charge in [-0.25, -0.2) is 8.42 Å². The van der Waals surface area contributed by atoms with Crippen LogP contribution in [0.5, 0.6) is 0 Å². The monoisotopic (exact) mass is 176 g/mol. The van der Waals surface area contributed by atoms with Crippen molar-refractivity contribution < 1.29 is 13.2 Å². The Bertz CT molecular complexity index is 274. The summed E-state index contributed by atoms with van der Waals surface area (Å²) in [6.45, 7) is 3.61. The zero-order valence-electron chi connectivity index (χ0n) is 6.75. The van der Waals surface area contributed by atoms with Crippen molar-refractivity contribution >= 4 is 15.6 Å². The van der Waals surface area contributed by atoms with Crippen LogP contribution in [0.2, 0.25) is 0 Å². The van der Waals surface area contributed by atoms with Gasteiger partial charge in [0.05, 0.1) is 5.75 Å². The molecule has 0 unspecified atom stereocenters. The molecule has 0 aromatic carbocycles. The van der Waals surface area contributed by atoms with Gasteiger partial charge in [-0.05, 0) is 5.41 Å². The first-order valence-corrected chi connectivity index (χ1v) is 5.35. The van der Waals surface area contributed by atoms with Crippen molar-refractivity contribution in [1.29, 1.82) is 0 Å². The van der Waals surface area contributed by atoms with Gasteiger partial charge < -0.3 is 0 Å². The molecule has 0 bridgehead atoms. The Balaban J connectivity index is 2.92. The summed E-state index contributed by atoms with van der Waals surface area (Å²) in [5, 5.41) is 0. The van der Waals surface area contributed by atoms with E-state index in [1.54, 1.807) is 0 Å². The van der Waals surface area contributed by atoms with Crippen LogP contribution in [-0.4, -0.2) is 25.7 Å². The van der Waals surface area contributed by atoms with Crippen molar-refractivity contribution in [3.63, 3.8) is 0 Å². The Morgan fingerprint density at radius 2 is 1.91 bits per heavy atom. The summed E-state index contributed by atoms with van der Waals surface area (Å²) in [4.78, 5) is 10.9.